The second kappa shape index (κ2) is 5.46. The molecular weight excluding hydrogens is 215 g/mol. The van der Waals surface area contributed by atoms with Crippen molar-refractivity contribution in [1.29, 1.82) is 0 Å². The van der Waals surface area contributed by atoms with Gasteiger partial charge in [0.15, 0.2) is 17.7 Å². The lowest BCUT2D eigenvalue weighted by molar-refractivity contribution is -0.146. The Hall–Kier alpha value is -1.62. The van der Waals surface area contributed by atoms with E-state index in [1.54, 1.807) is 6.07 Å². The molecule has 0 aliphatic heterocycles. The van der Waals surface area contributed by atoms with Gasteiger partial charge in [-0.2, -0.15) is 0 Å². The van der Waals surface area contributed by atoms with E-state index in [0.29, 0.717) is 12.0 Å². The maximum absolute atomic E-state index is 13.2. The summed E-state index contributed by atoms with van der Waals surface area (Å²) in [5.41, 5.74) is 0.624. The molecule has 16 heavy (non-hydrogen) atoms. The summed E-state index contributed by atoms with van der Waals surface area (Å²) >= 11 is 0. The number of benzene rings is 1. The van der Waals surface area contributed by atoms with Gasteiger partial charge in [-0.15, -0.1) is 0 Å². The second-order valence-corrected chi connectivity index (χ2v) is 3.36. The van der Waals surface area contributed by atoms with Crippen LogP contribution in [0.3, 0.4) is 0 Å². The molecule has 0 aliphatic carbocycles. The smallest absolute Gasteiger partial charge is 0.332 e. The van der Waals surface area contributed by atoms with Crippen molar-refractivity contribution in [2.75, 3.05) is 7.11 Å². The van der Waals surface area contributed by atoms with Gasteiger partial charge in [-0.1, -0.05) is 6.07 Å². The summed E-state index contributed by atoms with van der Waals surface area (Å²) < 4.78 is 18.0. The zero-order valence-corrected chi connectivity index (χ0v) is 8.81. The van der Waals surface area contributed by atoms with Gasteiger partial charge in [0.25, 0.3) is 0 Å². The lowest BCUT2D eigenvalue weighted by Gasteiger charge is -2.07. The van der Waals surface area contributed by atoms with E-state index in [-0.39, 0.29) is 12.2 Å². The van der Waals surface area contributed by atoms with Gasteiger partial charge in [0, 0.05) is 0 Å². The number of ether oxygens (including phenoxy) is 1. The fourth-order valence-electron chi connectivity index (χ4n) is 1.29. The maximum atomic E-state index is 13.2. The van der Waals surface area contributed by atoms with Crippen molar-refractivity contribution in [3.63, 3.8) is 0 Å². The van der Waals surface area contributed by atoms with Crippen LogP contribution in [0.2, 0.25) is 0 Å². The van der Waals surface area contributed by atoms with Crippen molar-refractivity contribution in [3.8, 4) is 5.75 Å². The Balaban J connectivity index is 2.62. The highest BCUT2D eigenvalue weighted by Gasteiger charge is 2.13. The van der Waals surface area contributed by atoms with Crippen LogP contribution < -0.4 is 4.74 Å². The van der Waals surface area contributed by atoms with Crippen molar-refractivity contribution in [1.82, 2.24) is 0 Å². The number of halogens is 1. The summed E-state index contributed by atoms with van der Waals surface area (Å²) in [6.45, 7) is 0. The van der Waals surface area contributed by atoms with Gasteiger partial charge in [0.1, 0.15) is 0 Å². The average Bonchev–Trinajstić information content (AvgIpc) is 2.25. The molecule has 0 aliphatic rings. The van der Waals surface area contributed by atoms with E-state index in [9.17, 15) is 9.18 Å². The van der Waals surface area contributed by atoms with Crippen LogP contribution in [0.5, 0.6) is 5.75 Å². The van der Waals surface area contributed by atoms with E-state index in [0.717, 1.165) is 0 Å². The molecule has 0 fully saturated rings. The predicted molar refractivity (Wildman–Crippen MR) is 54.9 cm³/mol. The van der Waals surface area contributed by atoms with Crippen LogP contribution in [0.4, 0.5) is 4.39 Å². The second-order valence-electron chi connectivity index (χ2n) is 3.36. The van der Waals surface area contributed by atoms with E-state index >= 15 is 0 Å². The lowest BCUT2D eigenvalue weighted by atomic mass is 10.1. The van der Waals surface area contributed by atoms with Crippen molar-refractivity contribution in [2.24, 2.45) is 0 Å². The summed E-state index contributed by atoms with van der Waals surface area (Å²) in [7, 11) is 1.37. The zero-order valence-electron chi connectivity index (χ0n) is 8.81. The monoisotopic (exact) mass is 228 g/mol. The number of hydrogen-bond donors (Lipinski definition) is 2. The summed E-state index contributed by atoms with van der Waals surface area (Å²) in [5, 5.41) is 17.5. The van der Waals surface area contributed by atoms with E-state index in [1.807, 2.05) is 0 Å². The van der Waals surface area contributed by atoms with Crippen LogP contribution in [-0.2, 0) is 11.2 Å². The normalized spacial score (nSPS) is 12.2. The van der Waals surface area contributed by atoms with E-state index in [4.69, 9.17) is 14.9 Å². The van der Waals surface area contributed by atoms with Crippen molar-refractivity contribution in [2.45, 2.75) is 18.9 Å². The third-order valence-corrected chi connectivity index (χ3v) is 2.21. The first-order chi connectivity index (χ1) is 7.54. The summed E-state index contributed by atoms with van der Waals surface area (Å²) in [5.74, 6) is -1.62. The van der Waals surface area contributed by atoms with E-state index < -0.39 is 17.9 Å². The van der Waals surface area contributed by atoms with E-state index in [2.05, 4.69) is 0 Å². The molecule has 0 amide bonds. The Kier molecular flexibility index (Phi) is 4.25. The summed E-state index contributed by atoms with van der Waals surface area (Å²) in [4.78, 5) is 10.3. The van der Waals surface area contributed by atoms with Crippen LogP contribution in [0.1, 0.15) is 12.0 Å². The number of aliphatic hydroxyl groups excluding tert-OH is 1. The standard InChI is InChI=1S/C11H13FO4/c1-16-10-5-3-7(6-8(10)12)2-4-9(13)11(14)15/h3,5-6,9,13H,2,4H2,1H3,(H,14,15). The topological polar surface area (TPSA) is 66.8 Å². The molecule has 0 radical (unpaired) electrons. The van der Waals surface area contributed by atoms with Gasteiger partial charge in [-0.05, 0) is 30.5 Å². The van der Waals surface area contributed by atoms with Crippen molar-refractivity contribution < 1.29 is 24.1 Å². The van der Waals surface area contributed by atoms with Gasteiger partial charge in [-0.25, -0.2) is 9.18 Å². The minimum absolute atomic E-state index is 0.0566. The molecule has 1 aromatic carbocycles. The van der Waals surface area contributed by atoms with Gasteiger partial charge in [0.2, 0.25) is 0 Å². The van der Waals surface area contributed by atoms with Gasteiger partial charge in [0.05, 0.1) is 7.11 Å². The van der Waals surface area contributed by atoms with Gasteiger partial charge in [-0.3, -0.25) is 0 Å². The predicted octanol–water partition coefficient (Wildman–Crippen LogP) is 1.21. The minimum Gasteiger partial charge on any atom is -0.494 e. The summed E-state index contributed by atoms with van der Waals surface area (Å²) in [6.07, 6.45) is -1.06. The molecule has 88 valence electrons. The molecule has 0 heterocycles. The number of rotatable bonds is 5. The molecule has 1 rings (SSSR count). The molecule has 1 aromatic rings. The largest absolute Gasteiger partial charge is 0.494 e. The summed E-state index contributed by atoms with van der Waals surface area (Å²) in [6, 6.07) is 4.38. The number of aryl methyl sites for hydroxylation is 1. The third kappa shape index (κ3) is 3.20. The minimum atomic E-state index is -1.41. The molecule has 5 heteroatoms. The molecular formula is C11H13FO4. The average molecular weight is 228 g/mol. The molecule has 0 saturated heterocycles. The third-order valence-electron chi connectivity index (χ3n) is 2.21. The van der Waals surface area contributed by atoms with E-state index in [1.165, 1.54) is 19.2 Å². The SMILES string of the molecule is COc1ccc(CCC(O)C(=O)O)cc1F. The van der Waals surface area contributed by atoms with Crippen molar-refractivity contribution in [3.05, 3.63) is 29.6 Å². The molecule has 4 nitrogen and oxygen atoms in total. The zero-order chi connectivity index (χ0) is 12.1. The first-order valence-corrected chi connectivity index (χ1v) is 4.78. The number of aliphatic hydroxyl groups is 1. The number of carbonyl (C=O) groups is 1. The molecule has 1 unspecified atom stereocenters. The highest BCUT2D eigenvalue weighted by Crippen LogP contribution is 2.18. The molecule has 1 atom stereocenters. The molecule has 0 aromatic heterocycles. The van der Waals surface area contributed by atoms with Crippen molar-refractivity contribution >= 4 is 5.97 Å². The quantitative estimate of drug-likeness (QED) is 0.795. The first-order valence-electron chi connectivity index (χ1n) is 4.78. The van der Waals surface area contributed by atoms with Crippen LogP contribution in [0, 0.1) is 5.82 Å². The van der Waals surface area contributed by atoms with Crippen LogP contribution in [0.25, 0.3) is 0 Å². The van der Waals surface area contributed by atoms with Crippen LogP contribution in [0.15, 0.2) is 18.2 Å². The number of methoxy groups -OCH3 is 1. The Bertz CT molecular complexity index is 378. The molecule has 0 saturated carbocycles. The maximum Gasteiger partial charge on any atom is 0.332 e. The Morgan fingerprint density at radius 3 is 2.75 bits per heavy atom. The van der Waals surface area contributed by atoms with Crippen LogP contribution >= 0.6 is 0 Å². The fraction of sp³-hybridized carbons (Fsp3) is 0.364. The molecule has 0 spiro atoms. The molecule has 2 N–H and O–H groups in total. The Morgan fingerprint density at radius 1 is 1.56 bits per heavy atom. The number of carboxylic acid groups (broad SMARTS) is 1. The number of hydrogen-bond acceptors (Lipinski definition) is 3. The highest BCUT2D eigenvalue weighted by molar-refractivity contribution is 5.71. The number of aliphatic carboxylic acids is 1. The fourth-order valence-corrected chi connectivity index (χ4v) is 1.29. The lowest BCUT2D eigenvalue weighted by Crippen LogP contribution is -2.19. The van der Waals surface area contributed by atoms with Gasteiger partial charge < -0.3 is 14.9 Å². The Morgan fingerprint density at radius 2 is 2.25 bits per heavy atom. The van der Waals surface area contributed by atoms with Gasteiger partial charge >= 0.3 is 5.97 Å². The number of carboxylic acids is 1. The highest BCUT2D eigenvalue weighted by atomic mass is 19.1. The Labute approximate surface area is 92.3 Å². The van der Waals surface area contributed by atoms with Crippen LogP contribution in [-0.4, -0.2) is 29.4 Å². The molecule has 0 bridgehead atoms. The first kappa shape index (κ1) is 12.4.